The molecule has 10 atom stereocenters. The summed E-state index contributed by atoms with van der Waals surface area (Å²) in [6.07, 6.45) is -11.0. The highest BCUT2D eigenvalue weighted by Gasteiger charge is 2.55. The largest absolute Gasteiger partial charge is 0.459 e. The van der Waals surface area contributed by atoms with Crippen LogP contribution in [0.15, 0.2) is 15.3 Å². The van der Waals surface area contributed by atoms with Gasteiger partial charge in [-0.1, -0.05) is 15.3 Å². The Kier molecular flexibility index (Phi) is 11.9. The predicted octanol–water partition coefficient (Wildman–Crippen LogP) is 0.669. The van der Waals surface area contributed by atoms with E-state index in [9.17, 15) is 39.0 Å². The number of carbonyl (C=O) groups is 3. The van der Waals surface area contributed by atoms with Crippen molar-refractivity contribution in [2.45, 2.75) is 88.2 Å². The molecule has 1 saturated carbocycles. The van der Waals surface area contributed by atoms with E-state index >= 15 is 0 Å². The molecule has 0 aromatic rings. The molecule has 1 N–H and O–H groups in total. The van der Waals surface area contributed by atoms with Crippen LogP contribution in [0, 0.1) is 0 Å². The Bertz CT molecular complexity index is 1250. The molecule has 0 amide bonds. The van der Waals surface area contributed by atoms with Gasteiger partial charge in [-0.25, -0.2) is 0 Å². The third kappa shape index (κ3) is 9.07. The number of carbonyl (C=O) groups excluding carboxylic acids is 3. The fraction of sp³-hybridized carbons (Fsp3) is 0.842. The van der Waals surface area contributed by atoms with Crippen LogP contribution in [0.25, 0.3) is 31.3 Å². The summed E-state index contributed by atoms with van der Waals surface area (Å²) >= 11 is 0. The molecule has 0 bridgehead atoms. The van der Waals surface area contributed by atoms with E-state index in [-0.39, 0.29) is 6.42 Å². The summed E-state index contributed by atoms with van der Waals surface area (Å²) in [5, 5.41) is 20.6. The molecule has 2 aliphatic rings. The molecule has 0 aromatic heterocycles. The quantitative estimate of drug-likeness (QED) is 0.0848. The van der Waals surface area contributed by atoms with Gasteiger partial charge in [-0.05, 0) is 23.0 Å². The van der Waals surface area contributed by atoms with Crippen LogP contribution in [0.3, 0.4) is 0 Å². The zero-order valence-electron chi connectivity index (χ0n) is 22.1. The number of hydrogen-bond donors (Lipinski definition) is 1. The Morgan fingerprint density at radius 3 is 1.78 bits per heavy atom. The monoisotopic (exact) mass is 605 g/mol. The number of esters is 3. The van der Waals surface area contributed by atoms with Gasteiger partial charge in [0.25, 0.3) is 10.1 Å². The van der Waals surface area contributed by atoms with E-state index in [0.29, 0.717) is 6.26 Å². The summed E-state index contributed by atoms with van der Waals surface area (Å²) in [5.74, 6) is -2.73. The van der Waals surface area contributed by atoms with Gasteiger partial charge in [0, 0.05) is 35.5 Å². The van der Waals surface area contributed by atoms with Crippen LogP contribution in [0.1, 0.15) is 27.2 Å². The number of hydrogen-bond acceptors (Lipinski definition) is 15. The molecule has 21 nitrogen and oxygen atoms in total. The first-order chi connectivity index (χ1) is 19.3. The van der Waals surface area contributed by atoms with Crippen molar-refractivity contribution in [3.63, 3.8) is 0 Å². The Balaban J connectivity index is 2.66. The minimum absolute atomic E-state index is 0.288. The summed E-state index contributed by atoms with van der Waals surface area (Å²) in [5.41, 5.74) is 27.4. The lowest BCUT2D eigenvalue weighted by Crippen LogP contribution is -2.64. The second kappa shape index (κ2) is 14.7. The van der Waals surface area contributed by atoms with Crippen molar-refractivity contribution in [3.8, 4) is 0 Å². The maximum absolute atomic E-state index is 12.0. The third-order valence-electron chi connectivity index (χ3n) is 5.75. The average Bonchev–Trinajstić information content (AvgIpc) is 2.85. The molecule has 0 radical (unpaired) electrons. The van der Waals surface area contributed by atoms with Gasteiger partial charge in [-0.3, -0.25) is 18.6 Å². The van der Waals surface area contributed by atoms with Crippen LogP contribution in [0.5, 0.6) is 0 Å². The molecule has 1 aliphatic carbocycles. The summed E-state index contributed by atoms with van der Waals surface area (Å²) in [7, 11) is -4.25. The molecule has 0 aromatic carbocycles. The summed E-state index contributed by atoms with van der Waals surface area (Å²) in [6, 6.07) is -4.17. The molecular formula is C19H27N9O12S. The van der Waals surface area contributed by atoms with E-state index in [1.165, 1.54) is 0 Å². The predicted molar refractivity (Wildman–Crippen MR) is 130 cm³/mol. The van der Waals surface area contributed by atoms with E-state index < -0.39 is 95.7 Å². The van der Waals surface area contributed by atoms with Crippen molar-refractivity contribution in [3.05, 3.63) is 31.3 Å². The fourth-order valence-electron chi connectivity index (χ4n) is 4.46. The Morgan fingerprint density at radius 2 is 1.32 bits per heavy atom. The van der Waals surface area contributed by atoms with Crippen molar-refractivity contribution in [1.29, 1.82) is 0 Å². The normalized spacial score (nSPS) is 33.1. The minimum Gasteiger partial charge on any atom is -0.459 e. The summed E-state index contributed by atoms with van der Waals surface area (Å²) < 4.78 is 56.2. The lowest BCUT2D eigenvalue weighted by atomic mass is 9.84. The van der Waals surface area contributed by atoms with Gasteiger partial charge in [0.05, 0.1) is 24.9 Å². The first-order valence-electron chi connectivity index (χ1n) is 11.7. The number of aliphatic hydroxyl groups excluding tert-OH is 1. The molecule has 1 heterocycles. The van der Waals surface area contributed by atoms with Crippen molar-refractivity contribution < 1.29 is 55.8 Å². The zero-order chi connectivity index (χ0) is 30.9. The van der Waals surface area contributed by atoms with Crippen molar-refractivity contribution in [1.82, 2.24) is 0 Å². The molecular weight excluding hydrogens is 578 g/mol. The Morgan fingerprint density at radius 1 is 0.829 bits per heavy atom. The first kappa shape index (κ1) is 33.3. The molecule has 22 heteroatoms. The van der Waals surface area contributed by atoms with E-state index in [1.807, 2.05) is 0 Å². The number of azide groups is 3. The topological polar surface area (TPSA) is 307 Å². The lowest BCUT2D eigenvalue weighted by Gasteiger charge is -2.47. The molecule has 41 heavy (non-hydrogen) atoms. The zero-order valence-corrected chi connectivity index (χ0v) is 22.9. The van der Waals surface area contributed by atoms with E-state index in [0.717, 1.165) is 20.8 Å². The van der Waals surface area contributed by atoms with Crippen LogP contribution < -0.4 is 0 Å². The summed E-state index contributed by atoms with van der Waals surface area (Å²) in [4.78, 5) is 43.9. The summed E-state index contributed by atoms with van der Waals surface area (Å²) in [6.45, 7) is 2.10. The maximum Gasteiger partial charge on any atom is 0.303 e. The number of aliphatic hydroxyl groups is 1. The van der Waals surface area contributed by atoms with Gasteiger partial charge in [-0.15, -0.1) is 0 Å². The number of rotatable bonds is 11. The van der Waals surface area contributed by atoms with Gasteiger partial charge in [0.1, 0.15) is 36.6 Å². The van der Waals surface area contributed by atoms with Crippen LogP contribution in [0.4, 0.5) is 0 Å². The molecule has 2 rings (SSSR count). The number of nitrogens with zero attached hydrogens (tertiary/aromatic N) is 9. The Hall–Kier alpha value is -3.87. The van der Waals surface area contributed by atoms with Gasteiger partial charge in [0.2, 0.25) is 0 Å². The highest BCUT2D eigenvalue weighted by molar-refractivity contribution is 7.86. The fourth-order valence-corrected chi connectivity index (χ4v) is 5.10. The molecule has 5 unspecified atom stereocenters. The number of ether oxygens (including phenoxy) is 5. The van der Waals surface area contributed by atoms with Crippen molar-refractivity contribution >= 4 is 28.0 Å². The van der Waals surface area contributed by atoms with Crippen LogP contribution in [-0.2, 0) is 52.4 Å². The minimum atomic E-state index is -4.25. The third-order valence-corrected chi connectivity index (χ3v) is 6.32. The highest BCUT2D eigenvalue weighted by Crippen LogP contribution is 2.36. The molecule has 1 saturated heterocycles. The lowest BCUT2D eigenvalue weighted by molar-refractivity contribution is -0.293. The van der Waals surface area contributed by atoms with Crippen LogP contribution >= 0.6 is 0 Å². The smallest absolute Gasteiger partial charge is 0.303 e. The van der Waals surface area contributed by atoms with Crippen LogP contribution in [-0.4, -0.2) is 105 Å². The van der Waals surface area contributed by atoms with Crippen LogP contribution in [0.2, 0.25) is 0 Å². The highest BCUT2D eigenvalue weighted by atomic mass is 32.2. The molecule has 226 valence electrons. The van der Waals surface area contributed by atoms with Crippen molar-refractivity contribution in [2.24, 2.45) is 15.3 Å². The second-order valence-electron chi connectivity index (χ2n) is 8.79. The molecule has 1 aliphatic heterocycles. The first-order valence-corrected chi connectivity index (χ1v) is 13.5. The van der Waals surface area contributed by atoms with E-state index in [1.54, 1.807) is 0 Å². The average molecular weight is 606 g/mol. The maximum atomic E-state index is 12.0. The van der Waals surface area contributed by atoms with Gasteiger partial charge in [-0.2, -0.15) is 8.42 Å². The Labute approximate surface area is 231 Å². The van der Waals surface area contributed by atoms with Gasteiger partial charge in [0.15, 0.2) is 12.4 Å². The molecule has 2 fully saturated rings. The van der Waals surface area contributed by atoms with Gasteiger partial charge >= 0.3 is 17.9 Å². The van der Waals surface area contributed by atoms with Crippen molar-refractivity contribution in [2.75, 3.05) is 12.9 Å². The SMILES string of the molecule is CC(=O)OC1C(N=[N+]=[N-])[C@@H](O[C@@H]2C(N=[N+]=[N-])C[C@@H](N=[N+]=[N-])[C@@H](OC(C)=O)C2OC(C)=O)OC(CO)[C@H]1OS(C)(=O)=O. The standard InChI is InChI=1S/C19H27N9O12S/c1-7(30)35-14-10(23-26-20)5-11(24-27-21)15(18(14)37-9(3)32)39-19-13(25-28-22)17(36-8(2)31)16(12(6-29)38-19)40-41(4,33)34/h10-19,29H,5-6H2,1-4H3/t10-,11?,12?,13?,14-,15-,16-,17?,18?,19-/m1/s1. The molecule has 0 spiro atoms. The van der Waals surface area contributed by atoms with Gasteiger partial charge < -0.3 is 28.8 Å². The van der Waals surface area contributed by atoms with E-state index in [4.69, 9.17) is 33.4 Å². The van der Waals surface area contributed by atoms with E-state index in [2.05, 4.69) is 30.1 Å². The second-order valence-corrected chi connectivity index (χ2v) is 10.4.